The lowest BCUT2D eigenvalue weighted by Crippen LogP contribution is -2.48. The summed E-state index contributed by atoms with van der Waals surface area (Å²) >= 11 is 6.25. The highest BCUT2D eigenvalue weighted by molar-refractivity contribution is 6.33. The van der Waals surface area contributed by atoms with Crippen LogP contribution in [-0.2, 0) is 4.79 Å². The smallest absolute Gasteiger partial charge is 0.303 e. The summed E-state index contributed by atoms with van der Waals surface area (Å²) in [4.78, 5) is 15.7. The molecule has 21 heavy (non-hydrogen) atoms. The third kappa shape index (κ3) is 3.50. The molecule has 2 aliphatic rings. The van der Waals surface area contributed by atoms with E-state index in [1.165, 1.54) is 0 Å². The summed E-state index contributed by atoms with van der Waals surface area (Å²) in [6.45, 7) is 4.79. The van der Waals surface area contributed by atoms with E-state index in [4.69, 9.17) is 16.7 Å². The minimum atomic E-state index is -0.665. The van der Waals surface area contributed by atoms with Gasteiger partial charge in [0.05, 0.1) is 17.1 Å². The average molecular weight is 309 g/mol. The first-order valence-electron chi connectivity index (χ1n) is 7.52. The third-order valence-corrected chi connectivity index (χ3v) is 4.93. The quantitative estimate of drug-likeness (QED) is 0.908. The maximum absolute atomic E-state index is 10.9. The van der Waals surface area contributed by atoms with Crippen molar-refractivity contribution in [2.75, 3.05) is 37.6 Å². The van der Waals surface area contributed by atoms with Gasteiger partial charge in [-0.3, -0.25) is 9.69 Å². The van der Waals surface area contributed by atoms with E-state index >= 15 is 0 Å². The lowest BCUT2D eigenvalue weighted by atomic mass is 10.0. The molecule has 0 atom stereocenters. The highest BCUT2D eigenvalue weighted by atomic mass is 35.5. The lowest BCUT2D eigenvalue weighted by Gasteiger charge is -2.38. The Labute approximate surface area is 130 Å². The van der Waals surface area contributed by atoms with E-state index in [0.29, 0.717) is 6.42 Å². The molecule has 1 saturated carbocycles. The zero-order chi connectivity index (χ0) is 14.9. The first-order valence-corrected chi connectivity index (χ1v) is 7.89. The highest BCUT2D eigenvalue weighted by Gasteiger charge is 2.45. The molecule has 2 fully saturated rings. The minimum Gasteiger partial charge on any atom is -0.481 e. The Bertz CT molecular complexity index is 523. The number of carbonyl (C=O) groups is 1. The maximum atomic E-state index is 10.9. The van der Waals surface area contributed by atoms with Crippen molar-refractivity contribution in [1.29, 1.82) is 0 Å². The summed E-state index contributed by atoms with van der Waals surface area (Å²) in [5.41, 5.74) is 1.16. The van der Waals surface area contributed by atoms with Gasteiger partial charge in [-0.2, -0.15) is 0 Å². The molecule has 0 amide bonds. The van der Waals surface area contributed by atoms with Crippen LogP contribution in [-0.4, -0.2) is 48.7 Å². The van der Waals surface area contributed by atoms with Crippen LogP contribution >= 0.6 is 11.6 Å². The summed E-state index contributed by atoms with van der Waals surface area (Å²) in [6.07, 6.45) is 2.44. The Morgan fingerprint density at radius 2 is 1.86 bits per heavy atom. The number of rotatable bonds is 5. The Balaban J connectivity index is 1.54. The largest absolute Gasteiger partial charge is 0.481 e. The van der Waals surface area contributed by atoms with Gasteiger partial charge in [-0.15, -0.1) is 0 Å². The topological polar surface area (TPSA) is 43.8 Å². The van der Waals surface area contributed by atoms with Crippen LogP contribution in [0.1, 0.15) is 19.3 Å². The molecule has 5 heteroatoms. The van der Waals surface area contributed by atoms with Crippen molar-refractivity contribution >= 4 is 23.3 Å². The van der Waals surface area contributed by atoms with Gasteiger partial charge in [-0.05, 0) is 30.4 Å². The van der Waals surface area contributed by atoms with E-state index in [-0.39, 0.29) is 5.41 Å². The lowest BCUT2D eigenvalue weighted by molar-refractivity contribution is -0.138. The molecule has 1 aromatic carbocycles. The van der Waals surface area contributed by atoms with Crippen LogP contribution in [0.15, 0.2) is 24.3 Å². The van der Waals surface area contributed by atoms with E-state index < -0.39 is 5.97 Å². The molecule has 3 rings (SSSR count). The molecule has 1 aromatic rings. The number of anilines is 1. The molecule has 114 valence electrons. The summed E-state index contributed by atoms with van der Waals surface area (Å²) in [5.74, 6) is -0.665. The monoisotopic (exact) mass is 308 g/mol. The number of halogens is 1. The van der Waals surface area contributed by atoms with Crippen molar-refractivity contribution in [2.24, 2.45) is 5.41 Å². The molecule has 1 heterocycles. The first kappa shape index (κ1) is 14.7. The number of carboxylic acids is 1. The summed E-state index contributed by atoms with van der Waals surface area (Å²) in [6, 6.07) is 7.95. The molecule has 4 nitrogen and oxygen atoms in total. The predicted octanol–water partition coefficient (Wildman–Crippen LogP) is 2.72. The molecule has 0 bridgehead atoms. The minimum absolute atomic E-state index is 0.0540. The molecule has 0 spiro atoms. The number of hydrogen-bond donors (Lipinski definition) is 1. The molecule has 0 aromatic heterocycles. The number of nitrogens with zero attached hydrogens (tertiary/aromatic N) is 2. The van der Waals surface area contributed by atoms with Gasteiger partial charge in [0.25, 0.3) is 0 Å². The van der Waals surface area contributed by atoms with E-state index in [9.17, 15) is 4.79 Å². The average Bonchev–Trinajstić information content (AvgIpc) is 3.19. The van der Waals surface area contributed by atoms with Crippen LogP contribution in [0, 0.1) is 5.41 Å². The van der Waals surface area contributed by atoms with Gasteiger partial charge in [0, 0.05) is 32.7 Å². The number of piperazine rings is 1. The molecule has 1 aliphatic carbocycles. The van der Waals surface area contributed by atoms with Crippen LogP contribution in [0.25, 0.3) is 0 Å². The fraction of sp³-hybridized carbons (Fsp3) is 0.562. The van der Waals surface area contributed by atoms with Crippen molar-refractivity contribution in [3.63, 3.8) is 0 Å². The summed E-state index contributed by atoms with van der Waals surface area (Å²) < 4.78 is 0. The van der Waals surface area contributed by atoms with Gasteiger partial charge in [-0.25, -0.2) is 0 Å². The Kier molecular flexibility index (Phi) is 4.09. The van der Waals surface area contributed by atoms with Crippen molar-refractivity contribution in [3.8, 4) is 0 Å². The molecular formula is C16H21ClN2O2. The highest BCUT2D eigenvalue weighted by Crippen LogP contribution is 2.49. The van der Waals surface area contributed by atoms with Gasteiger partial charge in [0.1, 0.15) is 0 Å². The van der Waals surface area contributed by atoms with E-state index in [2.05, 4.69) is 15.9 Å². The molecular weight excluding hydrogens is 288 g/mol. The standard InChI is InChI=1S/C16H21ClN2O2/c17-13-3-1-2-4-14(13)19-9-7-18(8-10-19)12-16(5-6-16)11-15(20)21/h1-4H,5-12H2,(H,20,21). The maximum Gasteiger partial charge on any atom is 0.303 e. The SMILES string of the molecule is O=C(O)CC1(CN2CCN(c3ccccc3Cl)CC2)CC1. The van der Waals surface area contributed by atoms with Crippen molar-refractivity contribution < 1.29 is 9.90 Å². The van der Waals surface area contributed by atoms with E-state index in [1.807, 2.05) is 18.2 Å². The van der Waals surface area contributed by atoms with Gasteiger partial charge < -0.3 is 10.0 Å². The number of para-hydroxylation sites is 1. The molecule has 1 saturated heterocycles. The predicted molar refractivity (Wildman–Crippen MR) is 84.0 cm³/mol. The van der Waals surface area contributed by atoms with Crippen molar-refractivity contribution in [2.45, 2.75) is 19.3 Å². The zero-order valence-electron chi connectivity index (χ0n) is 12.1. The van der Waals surface area contributed by atoms with E-state index in [0.717, 1.165) is 56.3 Å². The van der Waals surface area contributed by atoms with Crippen LogP contribution in [0.4, 0.5) is 5.69 Å². The van der Waals surface area contributed by atoms with Crippen LogP contribution < -0.4 is 4.90 Å². The Morgan fingerprint density at radius 3 is 2.43 bits per heavy atom. The fourth-order valence-electron chi connectivity index (χ4n) is 3.22. The zero-order valence-corrected chi connectivity index (χ0v) is 12.9. The number of aliphatic carboxylic acids is 1. The Morgan fingerprint density at radius 1 is 1.19 bits per heavy atom. The van der Waals surface area contributed by atoms with Crippen molar-refractivity contribution in [1.82, 2.24) is 4.90 Å². The molecule has 1 aliphatic heterocycles. The fourth-order valence-corrected chi connectivity index (χ4v) is 3.47. The van der Waals surface area contributed by atoms with Crippen LogP contribution in [0.5, 0.6) is 0 Å². The summed E-state index contributed by atoms with van der Waals surface area (Å²) in [7, 11) is 0. The van der Waals surface area contributed by atoms with Gasteiger partial charge in [0.2, 0.25) is 0 Å². The van der Waals surface area contributed by atoms with Crippen molar-refractivity contribution in [3.05, 3.63) is 29.3 Å². The normalized spacial score (nSPS) is 21.3. The number of hydrogen-bond acceptors (Lipinski definition) is 3. The molecule has 0 unspecified atom stereocenters. The summed E-state index contributed by atoms with van der Waals surface area (Å²) in [5, 5.41) is 9.80. The molecule has 0 radical (unpaired) electrons. The second-order valence-corrected chi connectivity index (χ2v) is 6.69. The molecule has 1 N–H and O–H groups in total. The van der Waals surface area contributed by atoms with Gasteiger partial charge in [-0.1, -0.05) is 23.7 Å². The van der Waals surface area contributed by atoms with Crippen LogP contribution in [0.2, 0.25) is 5.02 Å². The van der Waals surface area contributed by atoms with Crippen LogP contribution in [0.3, 0.4) is 0 Å². The van der Waals surface area contributed by atoms with Gasteiger partial charge in [0.15, 0.2) is 0 Å². The van der Waals surface area contributed by atoms with Gasteiger partial charge >= 0.3 is 5.97 Å². The second-order valence-electron chi connectivity index (χ2n) is 6.29. The number of benzene rings is 1. The second kappa shape index (κ2) is 5.85. The third-order valence-electron chi connectivity index (χ3n) is 4.61. The number of carboxylic acid groups (broad SMARTS) is 1. The first-order chi connectivity index (χ1) is 10.1. The van der Waals surface area contributed by atoms with E-state index in [1.54, 1.807) is 0 Å². The Hall–Kier alpha value is -1.26.